The maximum atomic E-state index is 13.0. The van der Waals surface area contributed by atoms with Crippen molar-refractivity contribution in [3.05, 3.63) is 92.8 Å². The molecule has 0 fully saturated rings. The number of benzene rings is 3. The number of alkyl halides is 12. The van der Waals surface area contributed by atoms with Crippen LogP contribution in [0.4, 0.5) is 85.0 Å². The minimum Gasteiger partial charge on any atom is -1.00 e. The standard InChI is InChI=1S/C24H14F12N4O2.C16H36N.ClH.O2/c25-21(26,27)11-4-12(22(28,29)30)7-17(6-11)39-19(41)37-15-2-1-3-16(10-15)38-20(42)40-18-8-13(23(31,32)33)5-14(9-18)24(34,35)36;1-5-9-13-17(14-10-6-2,15-11-7-3)16-12-8-4;;1-2/h1-10H,(H2,37,39,41)(H2,38,40,42);5-16H2,1-4H3;1H;/q;+1;;/p-1. The molecule has 0 saturated heterocycles. The van der Waals surface area contributed by atoms with Gasteiger partial charge in [-0.25, -0.2) is 9.59 Å². The molecule has 0 aliphatic heterocycles. The number of hydrogen-bond donors (Lipinski definition) is 4. The zero-order valence-corrected chi connectivity index (χ0v) is 35.0. The van der Waals surface area contributed by atoms with E-state index in [1.54, 1.807) is 0 Å². The maximum absolute atomic E-state index is 13.0. The van der Waals surface area contributed by atoms with Crippen molar-refractivity contribution in [3.8, 4) is 0 Å². The Morgan fingerprint density at radius 2 is 0.677 bits per heavy atom. The van der Waals surface area contributed by atoms with Gasteiger partial charge in [0.25, 0.3) is 0 Å². The molecule has 22 heteroatoms. The molecule has 4 amide bonds. The van der Waals surface area contributed by atoms with E-state index in [1.165, 1.54) is 100 Å². The fraction of sp³-hybridized carbons (Fsp3) is 0.500. The highest BCUT2D eigenvalue weighted by molar-refractivity contribution is 6.02. The zero-order chi connectivity index (χ0) is 46.7. The molecule has 3 aromatic carbocycles. The number of rotatable bonds is 16. The first kappa shape index (κ1) is 57.2. The lowest BCUT2D eigenvalue weighted by molar-refractivity contribution is -0.929. The van der Waals surface area contributed by atoms with Crippen LogP contribution >= 0.6 is 0 Å². The maximum Gasteiger partial charge on any atom is 0.416 e. The molecule has 9 nitrogen and oxygen atoms in total. The summed E-state index contributed by atoms with van der Waals surface area (Å²) < 4.78 is 158. The Kier molecular flexibility index (Phi) is 24.0. The molecule has 0 saturated carbocycles. The van der Waals surface area contributed by atoms with E-state index in [0.29, 0.717) is 0 Å². The van der Waals surface area contributed by atoms with Gasteiger partial charge in [-0.15, -0.1) is 0 Å². The first-order valence-electron chi connectivity index (χ1n) is 19.2. The van der Waals surface area contributed by atoms with Gasteiger partial charge < -0.3 is 38.2 Å². The number of nitrogens with one attached hydrogen (secondary N) is 4. The van der Waals surface area contributed by atoms with Gasteiger partial charge in [-0.2, -0.15) is 52.7 Å². The molecule has 0 aromatic heterocycles. The van der Waals surface area contributed by atoms with Crippen LogP contribution in [0.3, 0.4) is 0 Å². The van der Waals surface area contributed by atoms with Crippen molar-refractivity contribution in [2.75, 3.05) is 47.4 Å². The third-order valence-corrected chi connectivity index (χ3v) is 9.01. The minimum absolute atomic E-state index is 0. The van der Waals surface area contributed by atoms with Crippen molar-refractivity contribution in [1.29, 1.82) is 0 Å². The molecular weight excluding hydrogens is 878 g/mol. The topological polar surface area (TPSA) is 116 Å². The molecule has 350 valence electrons. The van der Waals surface area contributed by atoms with Crippen molar-refractivity contribution in [3.63, 3.8) is 0 Å². The molecule has 0 unspecified atom stereocenters. The molecule has 3 rings (SSSR count). The van der Waals surface area contributed by atoms with Crippen LogP contribution in [0.25, 0.3) is 0 Å². The predicted octanol–water partition coefficient (Wildman–Crippen LogP) is 11.1. The number of halogens is 13. The van der Waals surface area contributed by atoms with Crippen LogP contribution in [0.2, 0.25) is 0 Å². The fourth-order valence-electron chi connectivity index (χ4n) is 5.96. The Hall–Kier alpha value is -4.79. The van der Waals surface area contributed by atoms with E-state index in [1.807, 2.05) is 10.6 Å². The molecule has 3 aromatic rings. The van der Waals surface area contributed by atoms with E-state index in [0.717, 1.165) is 6.07 Å². The highest BCUT2D eigenvalue weighted by atomic mass is 35.5. The summed E-state index contributed by atoms with van der Waals surface area (Å²) in [6, 6.07) is 2.72. The lowest BCUT2D eigenvalue weighted by atomic mass is 10.1. The van der Waals surface area contributed by atoms with Crippen LogP contribution < -0.4 is 33.7 Å². The number of carbonyl (C=O) groups excluding carboxylic acids is 2. The number of urea groups is 2. The van der Waals surface area contributed by atoms with E-state index in [-0.39, 0.29) is 60.2 Å². The van der Waals surface area contributed by atoms with E-state index in [2.05, 4.69) is 38.3 Å². The van der Waals surface area contributed by atoms with Crippen LogP contribution in [0, 0.1) is 9.93 Å². The molecule has 62 heavy (non-hydrogen) atoms. The first-order valence-corrected chi connectivity index (χ1v) is 19.2. The van der Waals surface area contributed by atoms with Gasteiger partial charge in [-0.1, -0.05) is 59.4 Å². The molecular formula is C40H50ClF12N5O4. The smallest absolute Gasteiger partial charge is 0.416 e. The summed E-state index contributed by atoms with van der Waals surface area (Å²) in [5.41, 5.74) is -8.81. The van der Waals surface area contributed by atoms with Crippen LogP contribution in [-0.4, -0.2) is 42.7 Å². The molecule has 4 N–H and O–H groups in total. The highest BCUT2D eigenvalue weighted by Gasteiger charge is 2.38. The quantitative estimate of drug-likeness (QED) is 0.0846. The second-order valence-electron chi connectivity index (χ2n) is 14.0. The Morgan fingerprint density at radius 1 is 0.435 bits per heavy atom. The summed E-state index contributed by atoms with van der Waals surface area (Å²) in [6.07, 6.45) is -9.62. The average Bonchev–Trinajstić information content (AvgIpc) is 3.17. The third kappa shape index (κ3) is 20.4. The normalized spacial score (nSPS) is 11.8. The third-order valence-electron chi connectivity index (χ3n) is 9.01. The molecule has 0 aliphatic carbocycles. The van der Waals surface area contributed by atoms with Crippen LogP contribution in [0.15, 0.2) is 60.7 Å². The Labute approximate surface area is 357 Å². The van der Waals surface area contributed by atoms with Gasteiger partial charge in [-0.3, -0.25) is 0 Å². The lowest BCUT2D eigenvalue weighted by Crippen LogP contribution is -3.00. The Bertz CT molecular complexity index is 1620. The summed E-state index contributed by atoms with van der Waals surface area (Å²) in [7, 11) is 0. The summed E-state index contributed by atoms with van der Waals surface area (Å²) in [6.45, 7) is 15.0. The van der Waals surface area contributed by atoms with Crippen molar-refractivity contribution < 1.29 is 79.2 Å². The monoisotopic (exact) mass is 927 g/mol. The van der Waals surface area contributed by atoms with Gasteiger partial charge in [0.05, 0.1) is 48.4 Å². The van der Waals surface area contributed by atoms with E-state index >= 15 is 0 Å². The second-order valence-corrected chi connectivity index (χ2v) is 14.0. The fourth-order valence-corrected chi connectivity index (χ4v) is 5.96. The summed E-state index contributed by atoms with van der Waals surface area (Å²) in [5, 5.41) is 7.79. The number of nitrogens with zero attached hydrogens (tertiary/aromatic N) is 1. The number of unbranched alkanes of at least 4 members (excludes halogenated alkanes) is 4. The van der Waals surface area contributed by atoms with Gasteiger partial charge >= 0.3 is 36.8 Å². The second kappa shape index (κ2) is 26.0. The van der Waals surface area contributed by atoms with Gasteiger partial charge in [0, 0.05) is 32.7 Å². The largest absolute Gasteiger partial charge is 1.00 e. The number of quaternary nitrogens is 1. The lowest BCUT2D eigenvalue weighted by Gasteiger charge is -2.39. The van der Waals surface area contributed by atoms with Crippen molar-refractivity contribution in [1.82, 2.24) is 0 Å². The molecule has 0 heterocycles. The van der Waals surface area contributed by atoms with Gasteiger partial charge in [0.2, 0.25) is 0 Å². The van der Waals surface area contributed by atoms with E-state index in [4.69, 9.17) is 9.93 Å². The number of hydrogen-bond acceptors (Lipinski definition) is 4. The van der Waals surface area contributed by atoms with Gasteiger partial charge in [0.15, 0.2) is 0 Å². The van der Waals surface area contributed by atoms with Crippen molar-refractivity contribution in [2.24, 2.45) is 0 Å². The number of anilines is 4. The van der Waals surface area contributed by atoms with Crippen LogP contribution in [-0.2, 0) is 24.7 Å². The Balaban J connectivity index is 0.00000157. The highest BCUT2D eigenvalue weighted by Crippen LogP contribution is 2.39. The van der Waals surface area contributed by atoms with Crippen LogP contribution in [0.1, 0.15) is 101 Å². The van der Waals surface area contributed by atoms with Crippen molar-refractivity contribution >= 4 is 34.8 Å². The first-order chi connectivity index (χ1) is 28.4. The van der Waals surface area contributed by atoms with Crippen molar-refractivity contribution in [2.45, 2.75) is 104 Å². The minimum atomic E-state index is -5.17. The Morgan fingerprint density at radius 3 is 0.903 bits per heavy atom. The molecule has 0 radical (unpaired) electrons. The van der Waals surface area contributed by atoms with Gasteiger partial charge in [-0.05, 0) is 80.3 Å². The molecule has 0 aliphatic rings. The average molecular weight is 928 g/mol. The van der Waals surface area contributed by atoms with E-state index < -0.39 is 70.4 Å². The van der Waals surface area contributed by atoms with Crippen LogP contribution in [0.5, 0.6) is 0 Å². The molecule has 0 atom stereocenters. The van der Waals surface area contributed by atoms with Gasteiger partial charge in [0.1, 0.15) is 0 Å². The summed E-state index contributed by atoms with van der Waals surface area (Å²) in [5.74, 6) is 0. The molecule has 0 spiro atoms. The van der Waals surface area contributed by atoms with E-state index in [9.17, 15) is 62.3 Å². The predicted molar refractivity (Wildman–Crippen MR) is 211 cm³/mol. The molecule has 0 bridgehead atoms. The summed E-state index contributed by atoms with van der Waals surface area (Å²) >= 11 is 0. The number of amides is 4. The SMILES string of the molecule is CCCC[N+](CCCC)(CCCC)CCCC.O=C(Nc1cccc(NC(=O)Nc2cc(C(F)(F)F)cc(C(F)(F)F)c2)c1)Nc1cc(C(F)(F)F)cc(C(F)(F)F)c1.O=O.[Cl-]. The number of carbonyl (C=O) groups is 2. The zero-order valence-electron chi connectivity index (χ0n) is 34.3. The summed E-state index contributed by atoms with van der Waals surface area (Å²) in [4.78, 5) is 38.5.